The van der Waals surface area contributed by atoms with E-state index in [1.807, 2.05) is 12.1 Å². The Morgan fingerprint density at radius 3 is 2.64 bits per heavy atom. The Morgan fingerprint density at radius 2 is 1.86 bits per heavy atom. The highest BCUT2D eigenvalue weighted by molar-refractivity contribution is 5.87. The predicted molar refractivity (Wildman–Crippen MR) is 86.9 cm³/mol. The number of benzene rings is 2. The quantitative estimate of drug-likeness (QED) is 0.918. The van der Waals surface area contributed by atoms with Gasteiger partial charge in [-0.1, -0.05) is 42.5 Å². The Labute approximate surface area is 131 Å². The van der Waals surface area contributed by atoms with E-state index in [-0.39, 0.29) is 0 Å². The van der Waals surface area contributed by atoms with Crippen LogP contribution in [0.2, 0.25) is 0 Å². The van der Waals surface area contributed by atoms with Gasteiger partial charge < -0.3 is 5.11 Å². The highest BCUT2D eigenvalue weighted by Gasteiger charge is 2.22. The number of carbonyl (C=O) groups is 1. The van der Waals surface area contributed by atoms with E-state index in [1.54, 1.807) is 12.1 Å². The number of hydrogen-bond acceptors (Lipinski definition) is 2. The largest absolute Gasteiger partial charge is 0.478 e. The van der Waals surface area contributed by atoms with E-state index < -0.39 is 5.97 Å². The Hall–Kier alpha value is -2.13. The number of carboxylic acids is 1. The molecule has 1 unspecified atom stereocenters. The van der Waals surface area contributed by atoms with Crippen LogP contribution in [0.1, 0.15) is 27.9 Å². The molecule has 22 heavy (non-hydrogen) atoms. The summed E-state index contributed by atoms with van der Waals surface area (Å²) in [5.74, 6) is -0.157. The van der Waals surface area contributed by atoms with Gasteiger partial charge in [-0.25, -0.2) is 4.79 Å². The summed E-state index contributed by atoms with van der Waals surface area (Å²) in [4.78, 5) is 13.5. The van der Waals surface area contributed by atoms with Crippen molar-refractivity contribution in [2.24, 2.45) is 5.92 Å². The van der Waals surface area contributed by atoms with Gasteiger partial charge in [0, 0.05) is 13.1 Å². The van der Waals surface area contributed by atoms with Gasteiger partial charge in [0.25, 0.3) is 0 Å². The molecule has 3 nitrogen and oxygen atoms in total. The van der Waals surface area contributed by atoms with Gasteiger partial charge in [-0.2, -0.15) is 0 Å². The number of carboxylic acid groups (broad SMARTS) is 1. The Morgan fingerprint density at radius 1 is 1.09 bits per heavy atom. The molecule has 1 heterocycles. The SMILES string of the molecule is O=C(O)c1cccc(CN2CCC(Cc3ccccc3)C2)c1. The predicted octanol–water partition coefficient (Wildman–Crippen LogP) is 3.45. The van der Waals surface area contributed by atoms with Crippen LogP contribution in [-0.4, -0.2) is 29.1 Å². The molecule has 0 bridgehead atoms. The molecule has 0 amide bonds. The number of aromatic carboxylic acids is 1. The molecule has 1 fully saturated rings. The van der Waals surface area contributed by atoms with Gasteiger partial charge in [-0.3, -0.25) is 4.90 Å². The second-order valence-corrected chi connectivity index (χ2v) is 6.09. The molecule has 1 atom stereocenters. The topological polar surface area (TPSA) is 40.5 Å². The van der Waals surface area contributed by atoms with Crippen molar-refractivity contribution in [1.82, 2.24) is 4.90 Å². The molecular weight excluding hydrogens is 274 g/mol. The summed E-state index contributed by atoms with van der Waals surface area (Å²) >= 11 is 0. The first kappa shape index (κ1) is 14.8. The number of rotatable bonds is 5. The lowest BCUT2D eigenvalue weighted by molar-refractivity contribution is 0.0696. The van der Waals surface area contributed by atoms with Crippen LogP contribution in [0.5, 0.6) is 0 Å². The van der Waals surface area contributed by atoms with Crippen LogP contribution < -0.4 is 0 Å². The average molecular weight is 295 g/mol. The average Bonchev–Trinajstić information content (AvgIpc) is 2.95. The molecular formula is C19H21NO2. The number of likely N-dealkylation sites (tertiary alicyclic amines) is 1. The lowest BCUT2D eigenvalue weighted by Gasteiger charge is -2.16. The summed E-state index contributed by atoms with van der Waals surface area (Å²) in [6.45, 7) is 3.02. The minimum absolute atomic E-state index is 0.373. The Kier molecular flexibility index (Phi) is 4.54. The zero-order valence-electron chi connectivity index (χ0n) is 12.6. The zero-order valence-corrected chi connectivity index (χ0v) is 12.6. The molecule has 0 spiro atoms. The van der Waals surface area contributed by atoms with E-state index in [2.05, 4.69) is 35.2 Å². The van der Waals surface area contributed by atoms with E-state index in [4.69, 9.17) is 5.11 Å². The van der Waals surface area contributed by atoms with E-state index in [0.717, 1.165) is 31.6 Å². The maximum absolute atomic E-state index is 11.0. The fourth-order valence-corrected chi connectivity index (χ4v) is 3.23. The Balaban J connectivity index is 1.57. The molecule has 3 rings (SSSR count). The van der Waals surface area contributed by atoms with Crippen LogP contribution in [0, 0.1) is 5.92 Å². The molecule has 0 saturated carbocycles. The second-order valence-electron chi connectivity index (χ2n) is 6.09. The van der Waals surface area contributed by atoms with Crippen LogP contribution in [-0.2, 0) is 13.0 Å². The summed E-state index contributed by atoms with van der Waals surface area (Å²) in [6, 6.07) is 17.9. The number of nitrogens with zero attached hydrogens (tertiary/aromatic N) is 1. The highest BCUT2D eigenvalue weighted by Crippen LogP contribution is 2.22. The fraction of sp³-hybridized carbons (Fsp3) is 0.316. The molecule has 114 valence electrons. The minimum atomic E-state index is -0.856. The molecule has 0 radical (unpaired) electrons. The van der Waals surface area contributed by atoms with Crippen LogP contribution in [0.15, 0.2) is 54.6 Å². The van der Waals surface area contributed by atoms with Gasteiger partial charge in [0.15, 0.2) is 0 Å². The molecule has 1 N–H and O–H groups in total. The van der Waals surface area contributed by atoms with Crippen LogP contribution >= 0.6 is 0 Å². The van der Waals surface area contributed by atoms with E-state index >= 15 is 0 Å². The van der Waals surface area contributed by atoms with Gasteiger partial charge in [-0.15, -0.1) is 0 Å². The van der Waals surface area contributed by atoms with E-state index in [1.165, 1.54) is 12.0 Å². The monoisotopic (exact) mass is 295 g/mol. The highest BCUT2D eigenvalue weighted by atomic mass is 16.4. The summed E-state index contributed by atoms with van der Waals surface area (Å²) in [5, 5.41) is 9.06. The van der Waals surface area contributed by atoms with Crippen molar-refractivity contribution >= 4 is 5.97 Å². The standard InChI is InChI=1S/C19H21NO2/c21-19(22)18-8-4-7-16(12-18)13-20-10-9-17(14-20)11-15-5-2-1-3-6-15/h1-8,12,17H,9-11,13-14H2,(H,21,22). The van der Waals surface area contributed by atoms with Crippen LogP contribution in [0.4, 0.5) is 0 Å². The van der Waals surface area contributed by atoms with Crippen molar-refractivity contribution < 1.29 is 9.90 Å². The lowest BCUT2D eigenvalue weighted by Crippen LogP contribution is -2.20. The summed E-state index contributed by atoms with van der Waals surface area (Å²) < 4.78 is 0. The van der Waals surface area contributed by atoms with E-state index in [0.29, 0.717) is 11.5 Å². The van der Waals surface area contributed by atoms with Crippen molar-refractivity contribution in [2.45, 2.75) is 19.4 Å². The summed E-state index contributed by atoms with van der Waals surface area (Å²) in [7, 11) is 0. The third kappa shape index (κ3) is 3.74. The smallest absolute Gasteiger partial charge is 0.335 e. The molecule has 3 heteroatoms. The zero-order chi connectivity index (χ0) is 15.4. The van der Waals surface area contributed by atoms with Crippen molar-refractivity contribution in [3.8, 4) is 0 Å². The first-order valence-corrected chi connectivity index (χ1v) is 7.79. The normalized spacial score (nSPS) is 18.5. The lowest BCUT2D eigenvalue weighted by atomic mass is 9.99. The van der Waals surface area contributed by atoms with Crippen LogP contribution in [0.25, 0.3) is 0 Å². The fourth-order valence-electron chi connectivity index (χ4n) is 3.23. The van der Waals surface area contributed by atoms with Crippen molar-refractivity contribution in [1.29, 1.82) is 0 Å². The van der Waals surface area contributed by atoms with E-state index in [9.17, 15) is 4.79 Å². The molecule has 2 aromatic rings. The summed E-state index contributed by atoms with van der Waals surface area (Å²) in [6.07, 6.45) is 2.35. The minimum Gasteiger partial charge on any atom is -0.478 e. The van der Waals surface area contributed by atoms with Crippen LogP contribution in [0.3, 0.4) is 0 Å². The maximum atomic E-state index is 11.0. The van der Waals surface area contributed by atoms with Gasteiger partial charge in [0.2, 0.25) is 0 Å². The molecule has 1 saturated heterocycles. The van der Waals surface area contributed by atoms with Crippen molar-refractivity contribution in [2.75, 3.05) is 13.1 Å². The molecule has 0 aliphatic carbocycles. The van der Waals surface area contributed by atoms with Gasteiger partial charge in [0.05, 0.1) is 5.56 Å². The molecule has 0 aromatic heterocycles. The third-order valence-electron chi connectivity index (χ3n) is 4.32. The molecule has 2 aromatic carbocycles. The third-order valence-corrected chi connectivity index (χ3v) is 4.32. The molecule has 1 aliphatic rings. The molecule has 1 aliphatic heterocycles. The van der Waals surface area contributed by atoms with Crippen molar-refractivity contribution in [3.05, 3.63) is 71.3 Å². The number of hydrogen-bond donors (Lipinski definition) is 1. The first-order chi connectivity index (χ1) is 10.7. The van der Waals surface area contributed by atoms with Gasteiger partial charge in [-0.05, 0) is 48.6 Å². The first-order valence-electron chi connectivity index (χ1n) is 7.79. The maximum Gasteiger partial charge on any atom is 0.335 e. The van der Waals surface area contributed by atoms with Crippen molar-refractivity contribution in [3.63, 3.8) is 0 Å². The Bertz CT molecular complexity index is 639. The second kappa shape index (κ2) is 6.75. The van der Waals surface area contributed by atoms with Gasteiger partial charge >= 0.3 is 5.97 Å². The van der Waals surface area contributed by atoms with Gasteiger partial charge in [0.1, 0.15) is 0 Å². The summed E-state index contributed by atoms with van der Waals surface area (Å²) in [5.41, 5.74) is 2.86.